The SMILES string of the molecule is CCC(O)CCONC(=O)c1cc(F)c(F)c(F)c1Nc1ccc(I)cc1Cl. The lowest BCUT2D eigenvalue weighted by atomic mass is 10.1. The highest BCUT2D eigenvalue weighted by Gasteiger charge is 2.24. The molecule has 0 saturated carbocycles. The Morgan fingerprint density at radius 1 is 1.29 bits per heavy atom. The summed E-state index contributed by atoms with van der Waals surface area (Å²) < 4.78 is 42.5. The van der Waals surface area contributed by atoms with Gasteiger partial charge in [-0.15, -0.1) is 0 Å². The van der Waals surface area contributed by atoms with Gasteiger partial charge in [-0.1, -0.05) is 18.5 Å². The Morgan fingerprint density at radius 2 is 2.00 bits per heavy atom. The zero-order chi connectivity index (χ0) is 20.8. The van der Waals surface area contributed by atoms with Crippen LogP contribution in [-0.4, -0.2) is 23.7 Å². The average molecular weight is 529 g/mol. The molecule has 3 N–H and O–H groups in total. The number of hydrogen-bond donors (Lipinski definition) is 3. The van der Waals surface area contributed by atoms with Gasteiger partial charge in [-0.3, -0.25) is 9.63 Å². The molecule has 0 aliphatic carbocycles. The fourth-order valence-electron chi connectivity index (χ4n) is 2.19. The number of carbonyl (C=O) groups is 1. The minimum atomic E-state index is -1.73. The smallest absolute Gasteiger partial charge is 0.277 e. The summed E-state index contributed by atoms with van der Waals surface area (Å²) in [7, 11) is 0. The second kappa shape index (κ2) is 10.3. The molecule has 5 nitrogen and oxygen atoms in total. The monoisotopic (exact) mass is 528 g/mol. The number of nitrogens with one attached hydrogen (secondary N) is 2. The molecule has 1 atom stereocenters. The Morgan fingerprint density at radius 3 is 2.64 bits per heavy atom. The molecule has 0 aliphatic rings. The molecule has 1 amide bonds. The predicted molar refractivity (Wildman–Crippen MR) is 108 cm³/mol. The van der Waals surface area contributed by atoms with E-state index in [1.165, 1.54) is 6.07 Å². The fraction of sp³-hybridized carbons (Fsp3) is 0.278. The van der Waals surface area contributed by atoms with Gasteiger partial charge >= 0.3 is 0 Å². The number of anilines is 2. The van der Waals surface area contributed by atoms with Crippen LogP contribution < -0.4 is 10.8 Å². The van der Waals surface area contributed by atoms with E-state index in [4.69, 9.17) is 16.4 Å². The molecule has 0 saturated heterocycles. The van der Waals surface area contributed by atoms with Crippen molar-refractivity contribution in [1.82, 2.24) is 5.48 Å². The topological polar surface area (TPSA) is 70.6 Å². The van der Waals surface area contributed by atoms with Crippen LogP contribution in [0.15, 0.2) is 24.3 Å². The van der Waals surface area contributed by atoms with Crippen LogP contribution in [0.5, 0.6) is 0 Å². The molecule has 0 bridgehead atoms. The molecule has 28 heavy (non-hydrogen) atoms. The molecule has 2 aromatic rings. The number of aliphatic hydroxyl groups is 1. The van der Waals surface area contributed by atoms with Crippen molar-refractivity contribution in [2.75, 3.05) is 11.9 Å². The Bertz CT molecular complexity index is 870. The molecule has 0 heterocycles. The third-order valence-electron chi connectivity index (χ3n) is 3.79. The maximum atomic E-state index is 14.3. The van der Waals surface area contributed by atoms with Gasteiger partial charge in [-0.05, 0) is 59.7 Å². The minimum absolute atomic E-state index is 0.0153. The molecule has 2 aromatic carbocycles. The molecule has 0 radical (unpaired) electrons. The molecule has 0 fully saturated rings. The lowest BCUT2D eigenvalue weighted by molar-refractivity contribution is 0.0161. The third kappa shape index (κ3) is 5.72. The van der Waals surface area contributed by atoms with Crippen molar-refractivity contribution in [3.8, 4) is 0 Å². The highest BCUT2D eigenvalue weighted by atomic mass is 127. The summed E-state index contributed by atoms with van der Waals surface area (Å²) >= 11 is 8.09. The van der Waals surface area contributed by atoms with Crippen LogP contribution in [0.2, 0.25) is 5.02 Å². The Labute approximate surface area is 178 Å². The molecule has 1 unspecified atom stereocenters. The van der Waals surface area contributed by atoms with E-state index in [1.54, 1.807) is 19.1 Å². The van der Waals surface area contributed by atoms with Gasteiger partial charge in [0.2, 0.25) is 0 Å². The lowest BCUT2D eigenvalue weighted by Gasteiger charge is -2.15. The van der Waals surface area contributed by atoms with Gasteiger partial charge in [-0.25, -0.2) is 18.7 Å². The minimum Gasteiger partial charge on any atom is -0.393 e. The largest absolute Gasteiger partial charge is 0.393 e. The summed E-state index contributed by atoms with van der Waals surface area (Å²) in [5.41, 5.74) is 1.13. The van der Waals surface area contributed by atoms with Crippen LogP contribution in [0.4, 0.5) is 24.5 Å². The van der Waals surface area contributed by atoms with Gasteiger partial charge in [0.05, 0.1) is 34.7 Å². The summed E-state index contributed by atoms with van der Waals surface area (Å²) in [5, 5.41) is 12.2. The number of carbonyl (C=O) groups excluding carboxylic acids is 1. The van der Waals surface area contributed by atoms with E-state index in [0.29, 0.717) is 12.5 Å². The van der Waals surface area contributed by atoms with Crippen molar-refractivity contribution < 1.29 is 27.9 Å². The van der Waals surface area contributed by atoms with E-state index in [1.807, 2.05) is 28.1 Å². The van der Waals surface area contributed by atoms with E-state index in [-0.39, 0.29) is 23.7 Å². The molecular weight excluding hydrogens is 512 g/mol. The maximum absolute atomic E-state index is 14.3. The van der Waals surface area contributed by atoms with Crippen molar-refractivity contribution in [1.29, 1.82) is 0 Å². The van der Waals surface area contributed by atoms with Crippen LogP contribution >= 0.6 is 34.2 Å². The summed E-state index contributed by atoms with van der Waals surface area (Å²) in [6, 6.07) is 5.30. The van der Waals surface area contributed by atoms with Gasteiger partial charge in [0.15, 0.2) is 17.5 Å². The Balaban J connectivity index is 2.26. The van der Waals surface area contributed by atoms with Gasteiger partial charge in [0.25, 0.3) is 5.91 Å². The number of halogens is 5. The van der Waals surface area contributed by atoms with E-state index in [9.17, 15) is 23.1 Å². The molecule has 10 heteroatoms. The van der Waals surface area contributed by atoms with Crippen molar-refractivity contribution in [3.05, 3.63) is 55.9 Å². The molecule has 0 aliphatic heterocycles. The normalized spacial score (nSPS) is 12.0. The van der Waals surface area contributed by atoms with Crippen molar-refractivity contribution in [3.63, 3.8) is 0 Å². The zero-order valence-corrected chi connectivity index (χ0v) is 17.6. The molecular formula is C18H17ClF3IN2O3. The van der Waals surface area contributed by atoms with Crippen molar-refractivity contribution in [2.45, 2.75) is 25.9 Å². The summed E-state index contributed by atoms with van der Waals surface area (Å²) in [6.45, 7) is 1.76. The first-order valence-corrected chi connectivity index (χ1v) is 9.70. The second-order valence-electron chi connectivity index (χ2n) is 5.79. The van der Waals surface area contributed by atoms with E-state index in [0.717, 1.165) is 3.57 Å². The van der Waals surface area contributed by atoms with Gasteiger partial charge < -0.3 is 10.4 Å². The average Bonchev–Trinajstić information content (AvgIpc) is 2.66. The number of rotatable bonds is 8. The highest BCUT2D eigenvalue weighted by molar-refractivity contribution is 14.1. The predicted octanol–water partition coefficient (Wildman–Crippen LogP) is 4.93. The summed E-state index contributed by atoms with van der Waals surface area (Å²) in [5.74, 6) is -5.81. The fourth-order valence-corrected chi connectivity index (χ4v) is 3.10. The number of benzene rings is 2. The summed E-state index contributed by atoms with van der Waals surface area (Å²) in [4.78, 5) is 17.2. The first kappa shape index (κ1) is 22.7. The van der Waals surface area contributed by atoms with Crippen LogP contribution in [0, 0.1) is 21.0 Å². The van der Waals surface area contributed by atoms with E-state index in [2.05, 4.69) is 5.32 Å². The van der Waals surface area contributed by atoms with Crippen LogP contribution in [0.3, 0.4) is 0 Å². The van der Waals surface area contributed by atoms with E-state index < -0.39 is 40.7 Å². The number of hydroxylamine groups is 1. The number of hydrogen-bond acceptors (Lipinski definition) is 4. The number of amides is 1. The van der Waals surface area contributed by atoms with Crippen molar-refractivity contribution >= 4 is 51.5 Å². The molecule has 152 valence electrons. The summed E-state index contributed by atoms with van der Waals surface area (Å²) in [6.07, 6.45) is 0.167. The third-order valence-corrected chi connectivity index (χ3v) is 4.77. The van der Waals surface area contributed by atoms with Crippen LogP contribution in [0.1, 0.15) is 30.1 Å². The van der Waals surface area contributed by atoms with Crippen molar-refractivity contribution in [2.24, 2.45) is 0 Å². The first-order valence-electron chi connectivity index (χ1n) is 8.24. The molecule has 0 aromatic heterocycles. The van der Waals surface area contributed by atoms with Gasteiger partial charge in [0.1, 0.15) is 0 Å². The maximum Gasteiger partial charge on any atom is 0.277 e. The van der Waals surface area contributed by atoms with E-state index >= 15 is 0 Å². The Hall–Kier alpha value is -1.56. The lowest BCUT2D eigenvalue weighted by Crippen LogP contribution is -2.27. The van der Waals surface area contributed by atoms with Gasteiger partial charge in [-0.2, -0.15) is 0 Å². The van der Waals surface area contributed by atoms with Gasteiger partial charge in [0, 0.05) is 3.57 Å². The second-order valence-corrected chi connectivity index (χ2v) is 7.44. The quantitative estimate of drug-likeness (QED) is 0.197. The molecule has 0 spiro atoms. The van der Waals surface area contributed by atoms with Crippen LogP contribution in [0.25, 0.3) is 0 Å². The van der Waals surface area contributed by atoms with Crippen LogP contribution in [-0.2, 0) is 4.84 Å². The first-order chi connectivity index (χ1) is 13.2. The highest BCUT2D eigenvalue weighted by Crippen LogP contribution is 2.32. The number of aliphatic hydroxyl groups excluding tert-OH is 1. The molecule has 2 rings (SSSR count). The standard InChI is InChI=1S/C18H17ClF3IN2O3/c1-2-10(26)5-6-28-25-18(27)11-8-13(20)15(21)16(22)17(11)24-14-4-3-9(23)7-12(14)19/h3-4,7-8,10,24,26H,2,5-6H2,1H3,(H,25,27). The zero-order valence-electron chi connectivity index (χ0n) is 14.7. The Kier molecular flexibility index (Phi) is 8.35.